The highest BCUT2D eigenvalue weighted by Gasteiger charge is 3.01. The van der Waals surface area contributed by atoms with Gasteiger partial charge in [-0.25, -0.2) is 12.8 Å². The third kappa shape index (κ3) is 1.99. The van der Waals surface area contributed by atoms with Gasteiger partial charge >= 0.3 is 12.4 Å². The van der Waals surface area contributed by atoms with E-state index >= 15 is 0 Å². The molecule has 0 amide bonds. The Labute approximate surface area is 182 Å². The van der Waals surface area contributed by atoms with Crippen LogP contribution in [0.4, 0.5) is 30.7 Å². The lowest BCUT2D eigenvalue weighted by atomic mass is 9.43. The molecule has 3 fully saturated rings. The Morgan fingerprint density at radius 1 is 0.848 bits per heavy atom. The highest BCUT2D eigenvalue weighted by Crippen LogP contribution is 2.84. The fourth-order valence-corrected chi connectivity index (χ4v) is 8.33. The average molecular weight is 497 g/mol. The first kappa shape index (κ1) is 21.6. The second-order valence-electron chi connectivity index (χ2n) is 8.92. The van der Waals surface area contributed by atoms with E-state index in [0.29, 0.717) is 4.31 Å². The molecule has 0 radical (unpaired) electrons. The van der Waals surface area contributed by atoms with Gasteiger partial charge in [0.05, 0.1) is 17.1 Å². The zero-order chi connectivity index (χ0) is 23.9. The molecule has 1 aromatic carbocycles. The van der Waals surface area contributed by atoms with Gasteiger partial charge in [-0.1, -0.05) is 24.3 Å². The Bertz CT molecular complexity index is 1180. The number of benzene rings is 1. The molecule has 178 valence electrons. The summed E-state index contributed by atoms with van der Waals surface area (Å²) in [6, 6.07) is 3.57. The van der Waals surface area contributed by atoms with Gasteiger partial charge in [0, 0.05) is 13.1 Å². The van der Waals surface area contributed by atoms with Gasteiger partial charge < -0.3 is 9.47 Å². The number of halogens is 7. The molecule has 5 nitrogen and oxygen atoms in total. The molecular weight excluding hydrogens is 483 g/mol. The third-order valence-electron chi connectivity index (χ3n) is 7.71. The fourth-order valence-electron chi connectivity index (χ4n) is 6.83. The van der Waals surface area contributed by atoms with Gasteiger partial charge in [-0.3, -0.25) is 0 Å². The Balaban J connectivity index is 1.60. The summed E-state index contributed by atoms with van der Waals surface area (Å²) >= 11 is 0. The summed E-state index contributed by atoms with van der Waals surface area (Å²) in [5.74, 6) is -0.739. The molecule has 2 spiro atoms. The van der Waals surface area contributed by atoms with Crippen LogP contribution in [-0.4, -0.2) is 61.6 Å². The molecule has 3 saturated heterocycles. The number of alkyl halides is 6. The fraction of sp³-hybridized carbons (Fsp3) is 0.500. The largest absolute Gasteiger partial charge is 0.401 e. The van der Waals surface area contributed by atoms with E-state index in [-0.39, 0.29) is 0 Å². The molecule has 5 heterocycles. The lowest BCUT2D eigenvalue weighted by Crippen LogP contribution is -2.80. The minimum Gasteiger partial charge on any atom is -0.360 e. The molecule has 1 aromatic rings. The van der Waals surface area contributed by atoms with Crippen molar-refractivity contribution in [2.24, 2.45) is 10.8 Å². The second-order valence-corrected chi connectivity index (χ2v) is 10.9. The predicted octanol–water partition coefficient (Wildman–Crippen LogP) is 3.34. The topological polar surface area (TPSA) is 55.8 Å². The summed E-state index contributed by atoms with van der Waals surface area (Å²) in [5.41, 5.74) is -12.4. The summed E-state index contributed by atoms with van der Waals surface area (Å²) in [6.07, 6.45) is -11.3. The van der Waals surface area contributed by atoms with E-state index in [2.05, 4.69) is 0 Å². The molecule has 4 bridgehead atoms. The smallest absolute Gasteiger partial charge is 0.360 e. The van der Waals surface area contributed by atoms with E-state index < -0.39 is 80.4 Å². The quantitative estimate of drug-likeness (QED) is 0.465. The number of hydrogen-bond acceptors (Lipinski definition) is 4. The molecule has 0 aromatic heterocycles. The van der Waals surface area contributed by atoms with Crippen LogP contribution in [0.1, 0.15) is 0 Å². The van der Waals surface area contributed by atoms with E-state index in [0.717, 1.165) is 48.6 Å². The number of piperidine rings is 1. The highest BCUT2D eigenvalue weighted by atomic mass is 32.2. The van der Waals surface area contributed by atoms with Crippen molar-refractivity contribution in [3.8, 4) is 0 Å². The third-order valence-corrected chi connectivity index (χ3v) is 9.52. The maximum atomic E-state index is 15.0. The Kier molecular flexibility index (Phi) is 3.68. The van der Waals surface area contributed by atoms with Crippen LogP contribution in [0.3, 0.4) is 0 Å². The Morgan fingerprint density at radius 3 is 1.76 bits per heavy atom. The van der Waals surface area contributed by atoms with Gasteiger partial charge in [-0.15, -0.1) is 0 Å². The average Bonchev–Trinajstić information content (AvgIpc) is 3.42. The van der Waals surface area contributed by atoms with Gasteiger partial charge in [0.15, 0.2) is 5.41 Å². The number of fused-ring (bicyclic) bond motifs is 4. The SMILES string of the molecule is O=S(=O)(c1ccc(F)cc1)N1C[C@@]23C=C[C@@H](O2)C2(C(F)(F)F)[C@@H]4C=C[C@@](C1)(O4)C23C(F)(F)F. The van der Waals surface area contributed by atoms with Crippen molar-refractivity contribution in [3.05, 3.63) is 54.4 Å². The number of rotatable bonds is 2. The molecular formula is C20H14F7NO4S. The number of nitrogens with zero attached hydrogens (tertiary/aromatic N) is 1. The standard InChI is InChI=1S/C20H14F7NO4S/c21-11-1-3-12(4-2-11)33(29,30)28-9-15-7-5-13(31-15)17(19(22,23)24)14-6-8-16(10-28,32-14)18(15,17)20(25,26)27/h1-8,13-14H,9-10H2/t13-,14+,15-,16+,17?,18?. The zero-order valence-corrected chi connectivity index (χ0v) is 17.1. The Hall–Kier alpha value is -1.96. The van der Waals surface area contributed by atoms with Crippen LogP contribution in [0.25, 0.3) is 0 Å². The molecule has 33 heavy (non-hydrogen) atoms. The van der Waals surface area contributed by atoms with Crippen molar-refractivity contribution >= 4 is 10.0 Å². The minimum atomic E-state index is -5.47. The molecule has 6 atom stereocenters. The van der Waals surface area contributed by atoms with E-state index in [4.69, 9.17) is 9.47 Å². The van der Waals surface area contributed by atoms with Gasteiger partial charge in [0.2, 0.25) is 10.0 Å². The van der Waals surface area contributed by atoms with Crippen molar-refractivity contribution in [2.45, 2.75) is 40.7 Å². The second kappa shape index (κ2) is 5.64. The molecule has 6 rings (SSSR count). The van der Waals surface area contributed by atoms with Crippen LogP contribution in [-0.2, 0) is 19.5 Å². The molecule has 0 aliphatic carbocycles. The van der Waals surface area contributed by atoms with Gasteiger partial charge in [-0.05, 0) is 24.3 Å². The van der Waals surface area contributed by atoms with E-state index in [1.165, 1.54) is 0 Å². The lowest BCUT2D eigenvalue weighted by Gasteiger charge is -2.60. The van der Waals surface area contributed by atoms with Crippen LogP contribution in [0.2, 0.25) is 0 Å². The molecule has 0 N–H and O–H groups in total. The molecule has 5 aliphatic heterocycles. The number of ether oxygens (including phenoxy) is 2. The predicted molar refractivity (Wildman–Crippen MR) is 95.6 cm³/mol. The van der Waals surface area contributed by atoms with Crippen molar-refractivity contribution in [3.63, 3.8) is 0 Å². The van der Waals surface area contributed by atoms with Gasteiger partial charge in [0.25, 0.3) is 0 Å². The Morgan fingerprint density at radius 2 is 1.33 bits per heavy atom. The van der Waals surface area contributed by atoms with Crippen molar-refractivity contribution < 1.29 is 48.6 Å². The first-order valence-electron chi connectivity index (χ1n) is 9.82. The lowest BCUT2D eigenvalue weighted by molar-refractivity contribution is -0.354. The summed E-state index contributed by atoms with van der Waals surface area (Å²) in [6.45, 7) is -2.02. The first-order chi connectivity index (χ1) is 15.2. The minimum absolute atomic E-state index is 0.425. The maximum Gasteiger partial charge on any atom is 0.401 e. The number of sulfonamides is 1. The summed E-state index contributed by atoms with van der Waals surface area (Å²) < 4.78 is 140. The number of hydrogen-bond donors (Lipinski definition) is 0. The van der Waals surface area contributed by atoms with Crippen LogP contribution >= 0.6 is 0 Å². The van der Waals surface area contributed by atoms with Gasteiger partial charge in [-0.2, -0.15) is 30.6 Å². The summed E-state index contributed by atoms with van der Waals surface area (Å²) in [4.78, 5) is -0.425. The van der Waals surface area contributed by atoms with Crippen LogP contribution < -0.4 is 0 Å². The van der Waals surface area contributed by atoms with E-state index in [9.17, 15) is 39.2 Å². The van der Waals surface area contributed by atoms with E-state index in [1.54, 1.807) is 0 Å². The molecule has 5 aliphatic rings. The monoisotopic (exact) mass is 497 g/mol. The van der Waals surface area contributed by atoms with Crippen LogP contribution in [0, 0.1) is 16.6 Å². The normalized spacial score (nSPS) is 43.5. The van der Waals surface area contributed by atoms with Crippen LogP contribution in [0.15, 0.2) is 53.5 Å². The molecule has 0 saturated carbocycles. The van der Waals surface area contributed by atoms with Gasteiger partial charge in [0.1, 0.15) is 22.4 Å². The van der Waals surface area contributed by atoms with Crippen molar-refractivity contribution in [1.82, 2.24) is 4.31 Å². The van der Waals surface area contributed by atoms with Crippen molar-refractivity contribution in [1.29, 1.82) is 0 Å². The van der Waals surface area contributed by atoms with Crippen LogP contribution in [0.5, 0.6) is 0 Å². The summed E-state index contributed by atoms with van der Waals surface area (Å²) in [5, 5.41) is 0. The first-order valence-corrected chi connectivity index (χ1v) is 11.3. The van der Waals surface area contributed by atoms with E-state index in [1.807, 2.05) is 0 Å². The van der Waals surface area contributed by atoms with Crippen molar-refractivity contribution in [2.75, 3.05) is 13.1 Å². The summed E-state index contributed by atoms with van der Waals surface area (Å²) in [7, 11) is -4.54. The molecule has 13 heteroatoms. The maximum absolute atomic E-state index is 15.0. The highest BCUT2D eigenvalue weighted by molar-refractivity contribution is 7.89. The zero-order valence-electron chi connectivity index (χ0n) is 16.3. The molecule has 2 unspecified atom stereocenters.